The zero-order valence-corrected chi connectivity index (χ0v) is 9.71. The van der Waals surface area contributed by atoms with Crippen LogP contribution in [0.1, 0.15) is 23.5 Å². The number of carbonyl (C=O) groups excluding carboxylic acids is 1. The molecule has 0 radical (unpaired) electrons. The van der Waals surface area contributed by atoms with E-state index in [0.29, 0.717) is 17.3 Å². The van der Waals surface area contributed by atoms with E-state index in [9.17, 15) is 9.59 Å². The number of ether oxygens (including phenoxy) is 1. The van der Waals surface area contributed by atoms with Gasteiger partial charge in [-0.2, -0.15) is 0 Å². The molecule has 0 aliphatic carbocycles. The highest BCUT2D eigenvalue weighted by Gasteiger charge is 2.29. The van der Waals surface area contributed by atoms with Crippen molar-refractivity contribution >= 4 is 28.9 Å². The van der Waals surface area contributed by atoms with Crippen LogP contribution in [0, 0.1) is 0 Å². The van der Waals surface area contributed by atoms with Gasteiger partial charge in [-0.3, -0.25) is 4.79 Å². The SMILES string of the molecule is CC(=O)N1CC(C)Oc2sc(C(=O)O)cc21. The molecule has 0 saturated carbocycles. The van der Waals surface area contributed by atoms with Gasteiger partial charge in [0.25, 0.3) is 0 Å². The van der Waals surface area contributed by atoms with E-state index in [-0.39, 0.29) is 16.9 Å². The summed E-state index contributed by atoms with van der Waals surface area (Å²) in [7, 11) is 0. The summed E-state index contributed by atoms with van der Waals surface area (Å²) in [6, 6.07) is 1.48. The van der Waals surface area contributed by atoms with Crippen molar-refractivity contribution in [3.05, 3.63) is 10.9 Å². The van der Waals surface area contributed by atoms with Crippen molar-refractivity contribution in [2.24, 2.45) is 0 Å². The summed E-state index contributed by atoms with van der Waals surface area (Å²) in [5.74, 6) is -1.11. The Hall–Kier alpha value is -1.56. The van der Waals surface area contributed by atoms with Gasteiger partial charge in [0, 0.05) is 6.92 Å². The van der Waals surface area contributed by atoms with E-state index < -0.39 is 5.97 Å². The predicted octanol–water partition coefficient (Wildman–Crippen LogP) is 1.58. The van der Waals surface area contributed by atoms with Gasteiger partial charge in [0.1, 0.15) is 11.0 Å². The number of amides is 1. The molecule has 0 bridgehead atoms. The summed E-state index contributed by atoms with van der Waals surface area (Å²) in [5, 5.41) is 9.38. The van der Waals surface area contributed by atoms with Crippen LogP contribution < -0.4 is 9.64 Å². The van der Waals surface area contributed by atoms with Crippen LogP contribution in [-0.4, -0.2) is 29.6 Å². The monoisotopic (exact) mass is 241 g/mol. The quantitative estimate of drug-likeness (QED) is 0.810. The molecular formula is C10H11NO4S. The third-order valence-electron chi connectivity index (χ3n) is 2.31. The second-order valence-corrected chi connectivity index (χ2v) is 4.66. The summed E-state index contributed by atoms with van der Waals surface area (Å²) in [5.41, 5.74) is 0.563. The van der Waals surface area contributed by atoms with Gasteiger partial charge in [-0.15, -0.1) is 0 Å². The number of carbonyl (C=O) groups is 2. The van der Waals surface area contributed by atoms with Gasteiger partial charge in [-0.05, 0) is 13.0 Å². The van der Waals surface area contributed by atoms with E-state index in [1.807, 2.05) is 6.92 Å². The second-order valence-electron chi connectivity index (χ2n) is 3.65. The molecule has 0 fully saturated rings. The van der Waals surface area contributed by atoms with E-state index in [1.54, 1.807) is 4.90 Å². The summed E-state index contributed by atoms with van der Waals surface area (Å²) in [4.78, 5) is 24.0. The lowest BCUT2D eigenvalue weighted by atomic mass is 10.2. The molecule has 0 aromatic carbocycles. The minimum atomic E-state index is -1.00. The smallest absolute Gasteiger partial charge is 0.346 e. The van der Waals surface area contributed by atoms with E-state index in [4.69, 9.17) is 9.84 Å². The molecule has 1 unspecified atom stereocenters. The van der Waals surface area contributed by atoms with Gasteiger partial charge < -0.3 is 14.7 Å². The number of rotatable bonds is 1. The summed E-state index contributed by atoms with van der Waals surface area (Å²) >= 11 is 1.05. The maximum atomic E-state index is 11.4. The predicted molar refractivity (Wildman–Crippen MR) is 59.4 cm³/mol. The van der Waals surface area contributed by atoms with Crippen molar-refractivity contribution in [3.8, 4) is 5.06 Å². The zero-order valence-electron chi connectivity index (χ0n) is 8.89. The topological polar surface area (TPSA) is 66.8 Å². The van der Waals surface area contributed by atoms with Crippen LogP contribution in [0.15, 0.2) is 6.07 Å². The first-order chi connectivity index (χ1) is 7.49. The first kappa shape index (κ1) is 10.9. The van der Waals surface area contributed by atoms with Gasteiger partial charge in [0.2, 0.25) is 5.91 Å². The molecule has 86 valence electrons. The first-order valence-corrected chi connectivity index (χ1v) is 5.62. The lowest BCUT2D eigenvalue weighted by Crippen LogP contribution is -2.40. The summed E-state index contributed by atoms with van der Waals surface area (Å²) < 4.78 is 5.50. The highest BCUT2D eigenvalue weighted by Crippen LogP contribution is 2.41. The van der Waals surface area contributed by atoms with Crippen molar-refractivity contribution in [1.82, 2.24) is 0 Å². The Morgan fingerprint density at radius 3 is 2.88 bits per heavy atom. The maximum absolute atomic E-state index is 11.4. The molecule has 0 saturated heterocycles. The van der Waals surface area contributed by atoms with E-state index >= 15 is 0 Å². The van der Waals surface area contributed by atoms with Gasteiger partial charge in [-0.25, -0.2) is 4.79 Å². The number of hydrogen-bond donors (Lipinski definition) is 1. The Kier molecular flexibility index (Phi) is 2.59. The number of anilines is 1. The molecule has 1 aliphatic heterocycles. The van der Waals surface area contributed by atoms with Crippen molar-refractivity contribution in [2.75, 3.05) is 11.4 Å². The molecule has 1 amide bonds. The summed E-state index contributed by atoms with van der Waals surface area (Å²) in [6.45, 7) is 3.76. The number of nitrogens with zero attached hydrogens (tertiary/aromatic N) is 1. The zero-order chi connectivity index (χ0) is 11.9. The highest BCUT2D eigenvalue weighted by molar-refractivity contribution is 7.16. The van der Waals surface area contributed by atoms with Crippen LogP contribution in [0.2, 0.25) is 0 Å². The molecule has 16 heavy (non-hydrogen) atoms. The maximum Gasteiger partial charge on any atom is 0.346 e. The van der Waals surface area contributed by atoms with Crippen molar-refractivity contribution < 1.29 is 19.4 Å². The minimum absolute atomic E-state index is 0.105. The summed E-state index contributed by atoms with van der Waals surface area (Å²) in [6.07, 6.45) is -0.114. The van der Waals surface area contributed by atoms with Gasteiger partial charge in [-0.1, -0.05) is 11.3 Å². The fraction of sp³-hybridized carbons (Fsp3) is 0.400. The Morgan fingerprint density at radius 2 is 2.31 bits per heavy atom. The second kappa shape index (κ2) is 3.79. The lowest BCUT2D eigenvalue weighted by molar-refractivity contribution is -0.117. The molecule has 5 nitrogen and oxygen atoms in total. The van der Waals surface area contributed by atoms with E-state index in [2.05, 4.69) is 0 Å². The fourth-order valence-corrected chi connectivity index (χ4v) is 2.56. The normalized spacial score (nSPS) is 18.9. The number of hydrogen-bond acceptors (Lipinski definition) is 4. The number of carboxylic acids is 1. The molecule has 1 aromatic heterocycles. The van der Waals surface area contributed by atoms with Gasteiger partial charge in [0.05, 0.1) is 12.2 Å². The Labute approximate surface area is 96.2 Å². The molecule has 2 rings (SSSR count). The minimum Gasteiger partial charge on any atom is -0.477 e. The molecule has 1 atom stereocenters. The van der Waals surface area contributed by atoms with Crippen molar-refractivity contribution in [3.63, 3.8) is 0 Å². The third-order valence-corrected chi connectivity index (χ3v) is 3.31. The molecular weight excluding hydrogens is 230 g/mol. The van der Waals surface area contributed by atoms with Crippen LogP contribution in [0.3, 0.4) is 0 Å². The van der Waals surface area contributed by atoms with Crippen LogP contribution in [0.5, 0.6) is 5.06 Å². The van der Waals surface area contributed by atoms with Crippen molar-refractivity contribution in [2.45, 2.75) is 20.0 Å². The molecule has 6 heteroatoms. The average molecular weight is 241 g/mol. The third kappa shape index (κ3) is 1.76. The van der Waals surface area contributed by atoms with Gasteiger partial charge >= 0.3 is 5.97 Å². The van der Waals surface area contributed by atoms with Crippen LogP contribution in [0.25, 0.3) is 0 Å². The van der Waals surface area contributed by atoms with Crippen LogP contribution in [-0.2, 0) is 4.79 Å². The Morgan fingerprint density at radius 1 is 1.62 bits per heavy atom. The van der Waals surface area contributed by atoms with Crippen molar-refractivity contribution in [1.29, 1.82) is 0 Å². The molecule has 1 aromatic rings. The van der Waals surface area contributed by atoms with E-state index in [1.165, 1.54) is 13.0 Å². The largest absolute Gasteiger partial charge is 0.477 e. The standard InChI is InChI=1S/C10H11NO4S/c1-5-4-11(6(2)12)7-3-8(9(13)14)16-10(7)15-5/h3,5H,4H2,1-2H3,(H,13,14). The van der Waals surface area contributed by atoms with Crippen LogP contribution in [0.4, 0.5) is 5.69 Å². The highest BCUT2D eigenvalue weighted by atomic mass is 32.1. The number of thiophene rings is 1. The van der Waals surface area contributed by atoms with Gasteiger partial charge in [0.15, 0.2) is 5.06 Å². The lowest BCUT2D eigenvalue weighted by Gasteiger charge is -2.30. The Balaban J connectivity index is 2.45. The molecule has 1 N–H and O–H groups in total. The number of aromatic carboxylic acids is 1. The van der Waals surface area contributed by atoms with Crippen LogP contribution >= 0.6 is 11.3 Å². The fourth-order valence-electron chi connectivity index (χ4n) is 1.62. The van der Waals surface area contributed by atoms with E-state index in [0.717, 1.165) is 11.3 Å². The first-order valence-electron chi connectivity index (χ1n) is 4.81. The molecule has 1 aliphatic rings. The Bertz CT molecular complexity index is 454. The molecule has 0 spiro atoms. The number of fused-ring (bicyclic) bond motifs is 1. The number of carboxylic acid groups (broad SMARTS) is 1. The molecule has 2 heterocycles. The average Bonchev–Trinajstić information content (AvgIpc) is 2.59.